The molecule has 1 aliphatic heterocycles. The lowest BCUT2D eigenvalue weighted by atomic mass is 9.85. The van der Waals surface area contributed by atoms with Crippen molar-refractivity contribution in [2.75, 3.05) is 19.7 Å². The molecule has 0 saturated carbocycles. The summed E-state index contributed by atoms with van der Waals surface area (Å²) in [7, 11) is 0. The molecule has 0 radical (unpaired) electrons. The van der Waals surface area contributed by atoms with E-state index in [1.165, 1.54) is 19.4 Å². The second kappa shape index (κ2) is 4.73. The first-order valence-corrected chi connectivity index (χ1v) is 4.66. The van der Waals surface area contributed by atoms with E-state index in [1.807, 2.05) is 0 Å². The summed E-state index contributed by atoms with van der Waals surface area (Å²) in [6, 6.07) is 0. The third-order valence-electron chi connectivity index (χ3n) is 2.72. The van der Waals surface area contributed by atoms with Gasteiger partial charge in [0.15, 0.2) is 0 Å². The normalized spacial score (nSPS) is 32.2. The first-order chi connectivity index (χ1) is 5.34. The maximum atomic E-state index is 8.66. The molecule has 1 saturated heterocycles. The molecule has 0 aromatic heterocycles. The van der Waals surface area contributed by atoms with E-state index in [1.54, 1.807) is 0 Å². The average molecular weight is 157 g/mol. The zero-order valence-electron chi connectivity index (χ0n) is 7.34. The lowest BCUT2D eigenvalue weighted by molar-refractivity contribution is 0.221. The molecule has 0 aromatic carbocycles. The van der Waals surface area contributed by atoms with E-state index < -0.39 is 0 Å². The third-order valence-corrected chi connectivity index (χ3v) is 2.72. The summed E-state index contributed by atoms with van der Waals surface area (Å²) >= 11 is 0. The number of aliphatic hydroxyl groups excluding tert-OH is 1. The minimum Gasteiger partial charge on any atom is -0.396 e. The molecule has 2 N–H and O–H groups in total. The van der Waals surface area contributed by atoms with E-state index >= 15 is 0 Å². The van der Waals surface area contributed by atoms with Crippen molar-refractivity contribution in [3.8, 4) is 0 Å². The highest BCUT2D eigenvalue weighted by molar-refractivity contribution is 4.74. The lowest BCUT2D eigenvalue weighted by Crippen LogP contribution is -2.35. The fourth-order valence-corrected chi connectivity index (χ4v) is 1.79. The molecule has 66 valence electrons. The molecule has 0 spiro atoms. The van der Waals surface area contributed by atoms with Gasteiger partial charge in [0.25, 0.3) is 0 Å². The van der Waals surface area contributed by atoms with Gasteiger partial charge < -0.3 is 10.4 Å². The van der Waals surface area contributed by atoms with Crippen molar-refractivity contribution in [3.63, 3.8) is 0 Å². The van der Waals surface area contributed by atoms with Crippen LogP contribution in [0.5, 0.6) is 0 Å². The Morgan fingerprint density at radius 3 is 3.00 bits per heavy atom. The Hall–Kier alpha value is -0.0800. The average Bonchev–Trinajstić information content (AvgIpc) is 2.03. The van der Waals surface area contributed by atoms with Crippen LogP contribution in [-0.4, -0.2) is 24.8 Å². The molecule has 2 nitrogen and oxygen atoms in total. The van der Waals surface area contributed by atoms with Crippen molar-refractivity contribution >= 4 is 0 Å². The quantitative estimate of drug-likeness (QED) is 0.640. The molecular weight excluding hydrogens is 138 g/mol. The topological polar surface area (TPSA) is 32.3 Å². The Bertz CT molecular complexity index is 106. The van der Waals surface area contributed by atoms with E-state index in [0.29, 0.717) is 6.61 Å². The predicted molar refractivity (Wildman–Crippen MR) is 46.5 cm³/mol. The molecule has 0 bridgehead atoms. The highest BCUT2D eigenvalue weighted by atomic mass is 16.2. The van der Waals surface area contributed by atoms with E-state index in [4.69, 9.17) is 5.11 Å². The molecule has 2 unspecified atom stereocenters. The first kappa shape index (κ1) is 9.01. The van der Waals surface area contributed by atoms with Crippen molar-refractivity contribution in [2.24, 2.45) is 11.8 Å². The smallest absolute Gasteiger partial charge is 0.0431 e. The largest absolute Gasteiger partial charge is 0.396 e. The van der Waals surface area contributed by atoms with Crippen LogP contribution in [0.4, 0.5) is 0 Å². The van der Waals surface area contributed by atoms with E-state index in [0.717, 1.165) is 24.8 Å². The maximum Gasteiger partial charge on any atom is 0.0431 e. The maximum absolute atomic E-state index is 8.66. The van der Waals surface area contributed by atoms with Crippen molar-refractivity contribution in [3.05, 3.63) is 0 Å². The molecular formula is C9H19NO. The fraction of sp³-hybridized carbons (Fsp3) is 1.00. The molecule has 2 heteroatoms. The van der Waals surface area contributed by atoms with Crippen molar-refractivity contribution in [1.82, 2.24) is 5.32 Å². The summed E-state index contributed by atoms with van der Waals surface area (Å²) in [6.07, 6.45) is 3.46. The van der Waals surface area contributed by atoms with Crippen molar-refractivity contribution in [2.45, 2.75) is 26.2 Å². The van der Waals surface area contributed by atoms with Crippen LogP contribution in [-0.2, 0) is 0 Å². The summed E-state index contributed by atoms with van der Waals surface area (Å²) in [5, 5.41) is 12.1. The van der Waals surface area contributed by atoms with Crippen molar-refractivity contribution < 1.29 is 5.11 Å². The lowest BCUT2D eigenvalue weighted by Gasteiger charge is -2.29. The van der Waals surface area contributed by atoms with Gasteiger partial charge in [0.2, 0.25) is 0 Å². The fourth-order valence-electron chi connectivity index (χ4n) is 1.79. The Kier molecular flexibility index (Phi) is 3.87. The molecule has 0 amide bonds. The van der Waals surface area contributed by atoms with Crippen LogP contribution in [0.2, 0.25) is 0 Å². The zero-order chi connectivity index (χ0) is 8.10. The number of rotatable bonds is 3. The van der Waals surface area contributed by atoms with Gasteiger partial charge in [-0.15, -0.1) is 0 Å². The highest BCUT2D eigenvalue weighted by Gasteiger charge is 2.19. The van der Waals surface area contributed by atoms with Gasteiger partial charge in [-0.3, -0.25) is 0 Å². The van der Waals surface area contributed by atoms with E-state index in [-0.39, 0.29) is 0 Å². The van der Waals surface area contributed by atoms with Gasteiger partial charge in [-0.2, -0.15) is 0 Å². The molecule has 1 heterocycles. The van der Waals surface area contributed by atoms with Gasteiger partial charge in [-0.1, -0.05) is 6.92 Å². The summed E-state index contributed by atoms with van der Waals surface area (Å²) in [4.78, 5) is 0. The Balaban J connectivity index is 2.18. The molecule has 11 heavy (non-hydrogen) atoms. The van der Waals surface area contributed by atoms with Crippen molar-refractivity contribution in [1.29, 1.82) is 0 Å². The summed E-state index contributed by atoms with van der Waals surface area (Å²) < 4.78 is 0. The van der Waals surface area contributed by atoms with Crippen LogP contribution in [0.15, 0.2) is 0 Å². The van der Waals surface area contributed by atoms with Gasteiger partial charge in [0.1, 0.15) is 0 Å². The zero-order valence-corrected chi connectivity index (χ0v) is 7.34. The standard InChI is InChI=1S/C9H19NO/c1-8-4-5-10-7-9(8)3-2-6-11/h8-11H,2-7H2,1H3. The highest BCUT2D eigenvalue weighted by Crippen LogP contribution is 2.22. The van der Waals surface area contributed by atoms with E-state index in [2.05, 4.69) is 12.2 Å². The Labute approximate surface area is 69.0 Å². The van der Waals surface area contributed by atoms with Crippen LogP contribution in [0.25, 0.3) is 0 Å². The Morgan fingerprint density at radius 2 is 2.36 bits per heavy atom. The number of piperidine rings is 1. The molecule has 2 atom stereocenters. The molecule has 1 aliphatic rings. The number of nitrogens with one attached hydrogen (secondary N) is 1. The van der Waals surface area contributed by atoms with Crippen LogP contribution in [0.3, 0.4) is 0 Å². The summed E-state index contributed by atoms with van der Waals surface area (Å²) in [6.45, 7) is 5.00. The molecule has 0 aliphatic carbocycles. The predicted octanol–water partition coefficient (Wildman–Crippen LogP) is 1.00. The van der Waals surface area contributed by atoms with Crippen LogP contribution in [0.1, 0.15) is 26.2 Å². The minimum absolute atomic E-state index is 0.350. The van der Waals surface area contributed by atoms with Crippen LogP contribution < -0.4 is 5.32 Å². The molecule has 0 aromatic rings. The second-order valence-corrected chi connectivity index (χ2v) is 3.60. The van der Waals surface area contributed by atoms with Gasteiger partial charge in [0, 0.05) is 6.61 Å². The Morgan fingerprint density at radius 1 is 1.55 bits per heavy atom. The van der Waals surface area contributed by atoms with Gasteiger partial charge >= 0.3 is 0 Å². The minimum atomic E-state index is 0.350. The number of hydrogen-bond donors (Lipinski definition) is 2. The summed E-state index contributed by atoms with van der Waals surface area (Å²) in [5.74, 6) is 1.65. The molecule has 1 fully saturated rings. The molecule has 1 rings (SSSR count). The van der Waals surface area contributed by atoms with Gasteiger partial charge in [-0.05, 0) is 44.2 Å². The van der Waals surface area contributed by atoms with Crippen LogP contribution in [0, 0.1) is 11.8 Å². The van der Waals surface area contributed by atoms with Crippen LogP contribution >= 0.6 is 0 Å². The number of aliphatic hydroxyl groups is 1. The SMILES string of the molecule is CC1CCNCC1CCCO. The first-order valence-electron chi connectivity index (χ1n) is 4.66. The van der Waals surface area contributed by atoms with Gasteiger partial charge in [0.05, 0.1) is 0 Å². The monoisotopic (exact) mass is 157 g/mol. The second-order valence-electron chi connectivity index (χ2n) is 3.60. The third kappa shape index (κ3) is 2.80. The number of hydrogen-bond acceptors (Lipinski definition) is 2. The van der Waals surface area contributed by atoms with E-state index in [9.17, 15) is 0 Å². The van der Waals surface area contributed by atoms with Gasteiger partial charge in [-0.25, -0.2) is 0 Å². The summed E-state index contributed by atoms with van der Waals surface area (Å²) in [5.41, 5.74) is 0.